The predicted octanol–water partition coefficient (Wildman–Crippen LogP) is 6.17. The van der Waals surface area contributed by atoms with Crippen LogP contribution in [0.25, 0.3) is 0 Å². The largest absolute Gasteiger partial charge is 0.0843 e. The second-order valence-corrected chi connectivity index (χ2v) is 25.3. The molecule has 19 heavy (non-hydrogen) atoms. The summed E-state index contributed by atoms with van der Waals surface area (Å²) in [5.74, 6) is 0. The first-order valence-corrected chi connectivity index (χ1v) is 18.3. The first-order chi connectivity index (χ1) is 8.24. The van der Waals surface area contributed by atoms with E-state index in [0.29, 0.717) is 0 Å². The highest BCUT2D eigenvalue weighted by Crippen LogP contribution is 2.48. The second-order valence-electron chi connectivity index (χ2n) is 9.46. The molecular formula is C16H34Si3. The van der Waals surface area contributed by atoms with Crippen LogP contribution in [0.3, 0.4) is 0 Å². The highest BCUT2D eigenvalue weighted by atomic mass is 28.3. The molecule has 0 aliphatic heterocycles. The third-order valence-electron chi connectivity index (χ3n) is 4.40. The van der Waals surface area contributed by atoms with Gasteiger partial charge in [0.15, 0.2) is 0 Å². The molecule has 0 fully saturated rings. The van der Waals surface area contributed by atoms with Crippen molar-refractivity contribution in [2.24, 2.45) is 0 Å². The van der Waals surface area contributed by atoms with Crippen molar-refractivity contribution in [1.82, 2.24) is 0 Å². The van der Waals surface area contributed by atoms with Crippen molar-refractivity contribution >= 4 is 24.2 Å². The van der Waals surface area contributed by atoms with Gasteiger partial charge in [0.05, 0.1) is 24.2 Å². The van der Waals surface area contributed by atoms with E-state index in [-0.39, 0.29) is 0 Å². The van der Waals surface area contributed by atoms with E-state index in [9.17, 15) is 0 Å². The Balaban J connectivity index is 3.33. The fourth-order valence-corrected chi connectivity index (χ4v) is 12.2. The minimum Gasteiger partial charge on any atom is -0.0843 e. The summed E-state index contributed by atoms with van der Waals surface area (Å²) in [4.78, 5) is 0. The maximum absolute atomic E-state index is 2.73. The molecule has 0 aromatic heterocycles. The van der Waals surface area contributed by atoms with Crippen molar-refractivity contribution in [3.05, 3.63) is 22.9 Å². The summed E-state index contributed by atoms with van der Waals surface area (Å²) >= 11 is 0. The Bertz CT molecular complexity index is 397. The molecule has 0 aromatic rings. The molecule has 0 heterocycles. The van der Waals surface area contributed by atoms with E-state index in [1.807, 2.05) is 0 Å². The molecular weight excluding hydrogens is 276 g/mol. The fourth-order valence-electron chi connectivity index (χ4n) is 3.30. The van der Waals surface area contributed by atoms with Crippen LogP contribution in [0, 0.1) is 0 Å². The molecule has 1 rings (SSSR count). The van der Waals surface area contributed by atoms with Gasteiger partial charge in [-0.2, -0.15) is 0 Å². The maximum atomic E-state index is 2.73. The van der Waals surface area contributed by atoms with Gasteiger partial charge < -0.3 is 0 Å². The third kappa shape index (κ3) is 4.05. The van der Waals surface area contributed by atoms with Crippen LogP contribution in [0.2, 0.25) is 70.0 Å². The van der Waals surface area contributed by atoms with Gasteiger partial charge in [0, 0.05) is 0 Å². The fraction of sp³-hybridized carbons (Fsp3) is 0.750. The molecule has 3 heteroatoms. The summed E-state index contributed by atoms with van der Waals surface area (Å²) < 4.78 is 0. The highest BCUT2D eigenvalue weighted by molar-refractivity contribution is 6.86. The van der Waals surface area contributed by atoms with Crippen LogP contribution in [-0.4, -0.2) is 24.2 Å². The Hall–Kier alpha value is 0.131. The Kier molecular flexibility index (Phi) is 4.66. The topological polar surface area (TPSA) is 0 Å². The first-order valence-electron chi connectivity index (χ1n) is 7.65. The molecule has 0 saturated heterocycles. The molecule has 0 radical (unpaired) electrons. The quantitative estimate of drug-likeness (QED) is 0.547. The van der Waals surface area contributed by atoms with E-state index < -0.39 is 24.2 Å². The minimum absolute atomic E-state index is 0.847. The van der Waals surface area contributed by atoms with Crippen molar-refractivity contribution < 1.29 is 0 Å². The van der Waals surface area contributed by atoms with E-state index >= 15 is 0 Å². The highest BCUT2D eigenvalue weighted by Gasteiger charge is 2.41. The second kappa shape index (κ2) is 5.15. The first kappa shape index (κ1) is 17.2. The van der Waals surface area contributed by atoms with Crippen LogP contribution in [0.5, 0.6) is 0 Å². The summed E-state index contributed by atoms with van der Waals surface area (Å²) in [7, 11) is -3.47. The molecule has 0 unspecified atom stereocenters. The van der Waals surface area contributed by atoms with Gasteiger partial charge in [-0.05, 0) is 18.0 Å². The van der Waals surface area contributed by atoms with Gasteiger partial charge in [0.25, 0.3) is 0 Å². The Morgan fingerprint density at radius 2 is 1.05 bits per heavy atom. The predicted molar refractivity (Wildman–Crippen MR) is 99.4 cm³/mol. The smallest absolute Gasteiger partial charge is 0.0775 e. The van der Waals surface area contributed by atoms with Gasteiger partial charge in [0.1, 0.15) is 0 Å². The molecule has 0 spiro atoms. The van der Waals surface area contributed by atoms with Gasteiger partial charge in [-0.25, -0.2) is 0 Å². The van der Waals surface area contributed by atoms with E-state index in [0.717, 1.165) is 11.1 Å². The van der Waals surface area contributed by atoms with Crippen LogP contribution >= 0.6 is 0 Å². The molecule has 110 valence electrons. The molecule has 0 nitrogen and oxygen atoms in total. The van der Waals surface area contributed by atoms with Gasteiger partial charge in [0.2, 0.25) is 0 Å². The van der Waals surface area contributed by atoms with Gasteiger partial charge in [-0.1, -0.05) is 81.8 Å². The number of allylic oxidation sites excluding steroid dienone is 4. The summed E-state index contributed by atoms with van der Waals surface area (Å²) in [6.45, 7) is 25.1. The zero-order valence-corrected chi connectivity index (χ0v) is 17.8. The van der Waals surface area contributed by atoms with Crippen molar-refractivity contribution in [2.45, 2.75) is 76.9 Å². The Labute approximate surface area is 124 Å². The third-order valence-corrected chi connectivity index (χ3v) is 12.0. The monoisotopic (exact) mass is 310 g/mol. The van der Waals surface area contributed by atoms with Crippen molar-refractivity contribution in [2.75, 3.05) is 0 Å². The SMILES string of the molecule is CC1=C[C@H]([Si](C)(C)C)[C@@H]([Si](C)(C)C)C=C1[Si](C)(C)C. The number of hydrogen-bond acceptors (Lipinski definition) is 0. The van der Waals surface area contributed by atoms with Crippen molar-refractivity contribution in [3.63, 3.8) is 0 Å². The lowest BCUT2D eigenvalue weighted by molar-refractivity contribution is 0.913. The average Bonchev–Trinajstić information content (AvgIpc) is 2.11. The van der Waals surface area contributed by atoms with Gasteiger partial charge >= 0.3 is 0 Å². The minimum atomic E-state index is -1.20. The van der Waals surface area contributed by atoms with Crippen LogP contribution < -0.4 is 0 Å². The van der Waals surface area contributed by atoms with E-state index in [4.69, 9.17) is 0 Å². The lowest BCUT2D eigenvalue weighted by Gasteiger charge is -2.43. The molecule has 1 aliphatic carbocycles. The Morgan fingerprint density at radius 1 is 0.684 bits per heavy atom. The zero-order valence-electron chi connectivity index (χ0n) is 14.8. The summed E-state index contributed by atoms with van der Waals surface area (Å²) in [5, 5.41) is 1.73. The van der Waals surface area contributed by atoms with Gasteiger partial charge in [-0.3, -0.25) is 0 Å². The summed E-state index contributed by atoms with van der Waals surface area (Å²) in [6.07, 6.45) is 5.40. The standard InChI is InChI=1S/C16H34Si3/c1-13-11-15(18(5,6)7)16(19(8,9)10)12-14(13)17(2,3)4/h11-12,15-16H,1-10H3/t15-,16-/m0/s1. The molecule has 1 aliphatic rings. The van der Waals surface area contributed by atoms with Crippen molar-refractivity contribution in [1.29, 1.82) is 0 Å². The van der Waals surface area contributed by atoms with E-state index in [1.54, 1.807) is 10.8 Å². The average molecular weight is 311 g/mol. The molecule has 0 bridgehead atoms. The van der Waals surface area contributed by atoms with Crippen LogP contribution in [0.1, 0.15) is 6.92 Å². The lowest BCUT2D eigenvalue weighted by atomic mass is 10.1. The van der Waals surface area contributed by atoms with E-state index in [1.165, 1.54) is 0 Å². The normalized spacial score (nSPS) is 26.0. The lowest BCUT2D eigenvalue weighted by Crippen LogP contribution is -2.42. The van der Waals surface area contributed by atoms with Crippen LogP contribution in [0.15, 0.2) is 22.9 Å². The molecule has 0 aromatic carbocycles. The molecule has 0 saturated carbocycles. The molecule has 0 N–H and O–H groups in total. The number of rotatable bonds is 3. The Morgan fingerprint density at radius 3 is 1.37 bits per heavy atom. The molecule has 2 atom stereocenters. The summed E-state index contributed by atoms with van der Waals surface area (Å²) in [5.41, 5.74) is 3.30. The van der Waals surface area contributed by atoms with E-state index in [2.05, 4.69) is 78.0 Å². The van der Waals surface area contributed by atoms with Crippen LogP contribution in [0.4, 0.5) is 0 Å². The summed E-state index contributed by atoms with van der Waals surface area (Å²) in [6, 6.07) is 0. The number of hydrogen-bond donors (Lipinski definition) is 0. The van der Waals surface area contributed by atoms with Crippen molar-refractivity contribution in [3.8, 4) is 0 Å². The zero-order chi connectivity index (χ0) is 15.2. The maximum Gasteiger partial charge on any atom is 0.0775 e. The molecule has 0 amide bonds. The van der Waals surface area contributed by atoms with Gasteiger partial charge in [-0.15, -0.1) is 0 Å². The van der Waals surface area contributed by atoms with Crippen LogP contribution in [-0.2, 0) is 0 Å².